The number of Topliss-reactive ketones (excluding diaryl/α,β-unsaturated/α-hetero) is 1. The molecule has 0 spiro atoms. The molecule has 41 heavy (non-hydrogen) atoms. The molecule has 13 heteroatoms. The Morgan fingerprint density at radius 2 is 1.61 bits per heavy atom. The number of halogens is 6. The lowest BCUT2D eigenvalue weighted by Crippen LogP contribution is -2.51. The monoisotopic (exact) mass is 583 g/mol. The van der Waals surface area contributed by atoms with E-state index in [4.69, 9.17) is 4.74 Å². The summed E-state index contributed by atoms with van der Waals surface area (Å²) >= 11 is 0. The van der Waals surface area contributed by atoms with Gasteiger partial charge < -0.3 is 15.0 Å². The second kappa shape index (κ2) is 11.9. The third-order valence-corrected chi connectivity index (χ3v) is 7.00. The summed E-state index contributed by atoms with van der Waals surface area (Å²) in [6, 6.07) is 13.7. The van der Waals surface area contributed by atoms with Crippen LogP contribution in [0.5, 0.6) is 5.75 Å². The molecule has 0 aliphatic carbocycles. The molecule has 0 unspecified atom stereocenters. The number of carbonyl (C=O) groups excluding carboxylic acids is 3. The minimum atomic E-state index is -4.73. The van der Waals surface area contributed by atoms with Gasteiger partial charge in [0.1, 0.15) is 18.1 Å². The normalized spacial score (nSPS) is 18.4. The maximum absolute atomic E-state index is 13.7. The van der Waals surface area contributed by atoms with E-state index in [-0.39, 0.29) is 13.2 Å². The highest BCUT2D eigenvalue weighted by atomic mass is 19.4. The summed E-state index contributed by atoms with van der Waals surface area (Å²) in [4.78, 5) is 45.4. The highest BCUT2D eigenvalue weighted by Gasteiger charge is 2.42. The standard InChI is InChI=1S/C28H27F6N3O4/c1-16(38)18(10-12-27(29,30)31)19(11-13-28(32,33)34)25(39)36-24-26(40)37-14-15-41-21-9-5-8-20(23(21)37)22(35-24)17-6-3-2-4-7-17/h2-9,18-19,24H,10-15H2,1H3,(H,36,39)/t18-,19-,24-/m1/s1. The smallest absolute Gasteiger partial charge is 0.389 e. The first-order chi connectivity index (χ1) is 19.2. The van der Waals surface area contributed by atoms with Crippen molar-refractivity contribution in [2.24, 2.45) is 16.8 Å². The van der Waals surface area contributed by atoms with E-state index in [0.717, 1.165) is 6.92 Å². The van der Waals surface area contributed by atoms with E-state index in [1.807, 2.05) is 0 Å². The van der Waals surface area contributed by atoms with Crippen molar-refractivity contribution in [3.8, 4) is 5.75 Å². The number of carbonyl (C=O) groups is 3. The van der Waals surface area contributed by atoms with E-state index in [9.17, 15) is 40.7 Å². The number of hydrogen-bond acceptors (Lipinski definition) is 5. The van der Waals surface area contributed by atoms with Crippen molar-refractivity contribution in [3.63, 3.8) is 0 Å². The molecule has 4 rings (SSSR count). The van der Waals surface area contributed by atoms with Crippen molar-refractivity contribution in [1.82, 2.24) is 5.32 Å². The van der Waals surface area contributed by atoms with Crippen molar-refractivity contribution in [1.29, 1.82) is 0 Å². The number of aliphatic imine (C=N–C) groups is 1. The van der Waals surface area contributed by atoms with Crippen LogP contribution >= 0.6 is 0 Å². The van der Waals surface area contributed by atoms with E-state index < -0.39 is 73.6 Å². The third kappa shape index (κ3) is 7.25. The molecule has 3 atom stereocenters. The van der Waals surface area contributed by atoms with Crippen molar-refractivity contribution in [2.45, 2.75) is 51.1 Å². The second-order valence-electron chi connectivity index (χ2n) is 9.88. The average molecular weight is 584 g/mol. The zero-order chi connectivity index (χ0) is 29.9. The van der Waals surface area contributed by atoms with Gasteiger partial charge in [-0.05, 0) is 25.8 Å². The summed E-state index contributed by atoms with van der Waals surface area (Å²) in [6.45, 7) is 1.15. The molecule has 1 N–H and O–H groups in total. The summed E-state index contributed by atoms with van der Waals surface area (Å²) < 4.78 is 84.0. The van der Waals surface area contributed by atoms with Crippen molar-refractivity contribution >= 4 is 29.0 Å². The Morgan fingerprint density at radius 1 is 0.976 bits per heavy atom. The van der Waals surface area contributed by atoms with Gasteiger partial charge >= 0.3 is 12.4 Å². The number of nitrogens with one attached hydrogen (secondary N) is 1. The van der Waals surface area contributed by atoms with Gasteiger partial charge in [0.15, 0.2) is 0 Å². The van der Waals surface area contributed by atoms with Gasteiger partial charge in [-0.3, -0.25) is 14.4 Å². The number of rotatable bonds is 9. The number of alkyl halides is 6. The Bertz CT molecular complexity index is 1330. The van der Waals surface area contributed by atoms with Gasteiger partial charge in [0, 0.05) is 35.8 Å². The number of anilines is 1. The maximum Gasteiger partial charge on any atom is 0.389 e. The first-order valence-corrected chi connectivity index (χ1v) is 12.9. The van der Waals surface area contributed by atoms with E-state index in [1.54, 1.807) is 48.5 Å². The molecule has 220 valence electrons. The second-order valence-corrected chi connectivity index (χ2v) is 9.88. The molecular formula is C28H27F6N3O4. The van der Waals surface area contributed by atoms with Crippen LogP contribution in [0.3, 0.4) is 0 Å². The number of ether oxygens (including phenoxy) is 1. The average Bonchev–Trinajstić information content (AvgIpc) is 3.01. The summed E-state index contributed by atoms with van der Waals surface area (Å²) in [5.41, 5.74) is 1.78. The molecule has 0 saturated carbocycles. The van der Waals surface area contributed by atoms with Crippen LogP contribution in [0.25, 0.3) is 0 Å². The summed E-state index contributed by atoms with van der Waals surface area (Å²) in [7, 11) is 0. The number of ketones is 1. The molecule has 2 amide bonds. The van der Waals surface area contributed by atoms with Crippen molar-refractivity contribution < 1.29 is 45.5 Å². The molecule has 2 aromatic rings. The van der Waals surface area contributed by atoms with Crippen LogP contribution in [0.4, 0.5) is 32.0 Å². The molecule has 7 nitrogen and oxygen atoms in total. The number of benzene rings is 2. The molecule has 2 heterocycles. The zero-order valence-electron chi connectivity index (χ0n) is 21.9. The Hall–Kier alpha value is -3.90. The van der Waals surface area contributed by atoms with Gasteiger partial charge in [0.05, 0.1) is 17.9 Å². The molecule has 0 radical (unpaired) electrons. The van der Waals surface area contributed by atoms with Gasteiger partial charge in [-0.15, -0.1) is 0 Å². The van der Waals surface area contributed by atoms with E-state index in [2.05, 4.69) is 10.3 Å². The fourth-order valence-electron chi connectivity index (χ4n) is 5.09. The highest BCUT2D eigenvalue weighted by Crippen LogP contribution is 2.39. The molecule has 0 aromatic heterocycles. The molecule has 2 aliphatic rings. The molecule has 0 bridgehead atoms. The first kappa shape index (κ1) is 30.1. The molecule has 0 fully saturated rings. The largest absolute Gasteiger partial charge is 0.490 e. The fraction of sp³-hybridized carbons (Fsp3) is 0.429. The maximum atomic E-state index is 13.7. The molecular weight excluding hydrogens is 556 g/mol. The van der Waals surface area contributed by atoms with Crippen LogP contribution < -0.4 is 15.0 Å². The Morgan fingerprint density at radius 3 is 2.22 bits per heavy atom. The van der Waals surface area contributed by atoms with Crippen LogP contribution in [-0.4, -0.2) is 55.0 Å². The summed E-state index contributed by atoms with van der Waals surface area (Å²) in [5, 5.41) is 2.36. The van der Waals surface area contributed by atoms with Gasteiger partial charge in [-0.2, -0.15) is 26.3 Å². The Kier molecular flexibility index (Phi) is 8.74. The van der Waals surface area contributed by atoms with Crippen molar-refractivity contribution in [2.75, 3.05) is 18.1 Å². The minimum Gasteiger partial charge on any atom is -0.490 e. The van der Waals surface area contributed by atoms with Gasteiger partial charge in [0.2, 0.25) is 12.1 Å². The number of para-hydroxylation sites is 1. The lowest BCUT2D eigenvalue weighted by molar-refractivity contribution is -0.152. The van der Waals surface area contributed by atoms with Gasteiger partial charge in [-0.1, -0.05) is 42.5 Å². The van der Waals surface area contributed by atoms with Gasteiger partial charge in [-0.25, -0.2) is 4.99 Å². The molecule has 2 aromatic carbocycles. The molecule has 2 aliphatic heterocycles. The fourth-order valence-corrected chi connectivity index (χ4v) is 5.09. The number of amides is 2. The Labute approximate surface area is 231 Å². The van der Waals surface area contributed by atoms with E-state index in [1.165, 1.54) is 4.90 Å². The predicted molar refractivity (Wildman–Crippen MR) is 137 cm³/mol. The first-order valence-electron chi connectivity index (χ1n) is 12.9. The van der Waals surface area contributed by atoms with E-state index >= 15 is 0 Å². The van der Waals surface area contributed by atoms with Crippen LogP contribution in [0.2, 0.25) is 0 Å². The topological polar surface area (TPSA) is 88.1 Å². The van der Waals surface area contributed by atoms with Crippen LogP contribution in [0.15, 0.2) is 53.5 Å². The van der Waals surface area contributed by atoms with Crippen LogP contribution in [-0.2, 0) is 14.4 Å². The van der Waals surface area contributed by atoms with Crippen molar-refractivity contribution in [3.05, 3.63) is 59.7 Å². The summed E-state index contributed by atoms with van der Waals surface area (Å²) in [5.74, 6) is -5.75. The van der Waals surface area contributed by atoms with Crippen LogP contribution in [0, 0.1) is 11.8 Å². The van der Waals surface area contributed by atoms with Crippen LogP contribution in [0.1, 0.15) is 43.7 Å². The molecule has 0 saturated heterocycles. The quantitative estimate of drug-likeness (QED) is 0.411. The number of hydrogen-bond donors (Lipinski definition) is 1. The summed E-state index contributed by atoms with van der Waals surface area (Å²) in [6.07, 6.45) is -15.8. The van der Waals surface area contributed by atoms with Gasteiger partial charge in [0.25, 0.3) is 5.91 Å². The number of nitrogens with zero attached hydrogens (tertiary/aromatic N) is 2. The SMILES string of the molecule is CC(=O)[C@@H](CCC(F)(F)F)[C@@H](CCC(F)(F)F)C(=O)N[C@H]1N=C(c2ccccc2)c2cccc3c2N(CCO3)C1=O. The van der Waals surface area contributed by atoms with E-state index in [0.29, 0.717) is 28.3 Å². The highest BCUT2D eigenvalue weighted by molar-refractivity contribution is 6.21. The Balaban J connectivity index is 1.73. The zero-order valence-corrected chi connectivity index (χ0v) is 21.9. The predicted octanol–water partition coefficient (Wildman–Crippen LogP) is 5.21. The third-order valence-electron chi connectivity index (χ3n) is 7.00. The minimum absolute atomic E-state index is 0.0892. The lowest BCUT2D eigenvalue weighted by Gasteiger charge is -2.32. The lowest BCUT2D eigenvalue weighted by atomic mass is 9.81.